The van der Waals surface area contributed by atoms with Crippen LogP contribution < -0.4 is 10.6 Å². The zero-order valence-electron chi connectivity index (χ0n) is 17.0. The van der Waals surface area contributed by atoms with E-state index in [2.05, 4.69) is 39.7 Å². The molecule has 3 atom stereocenters. The number of aryl methyl sites for hydroxylation is 1. The maximum atomic E-state index is 6.01. The number of oxazole rings is 1. The average molecular weight is 508 g/mol. The van der Waals surface area contributed by atoms with E-state index in [1.807, 2.05) is 19.2 Å². The van der Waals surface area contributed by atoms with Gasteiger partial charge in [-0.25, -0.2) is 4.98 Å². The van der Waals surface area contributed by atoms with E-state index in [4.69, 9.17) is 9.15 Å². The molecule has 1 aromatic carbocycles. The van der Waals surface area contributed by atoms with Crippen molar-refractivity contribution in [2.45, 2.75) is 51.3 Å². The first-order valence-electron chi connectivity index (χ1n) is 10.3. The molecule has 3 fully saturated rings. The van der Waals surface area contributed by atoms with Gasteiger partial charge in [-0.15, -0.1) is 24.0 Å². The van der Waals surface area contributed by atoms with Crippen LogP contribution in [0.25, 0.3) is 11.5 Å². The lowest BCUT2D eigenvalue weighted by atomic mass is 9.46. The molecule has 2 N–H and O–H groups in total. The van der Waals surface area contributed by atoms with Crippen molar-refractivity contribution >= 4 is 29.9 Å². The molecule has 3 aliphatic rings. The lowest BCUT2D eigenvalue weighted by Crippen LogP contribution is -2.72. The van der Waals surface area contributed by atoms with Crippen molar-refractivity contribution in [3.8, 4) is 11.5 Å². The highest BCUT2D eigenvalue weighted by atomic mass is 127. The molecule has 7 heteroatoms. The molecule has 0 radical (unpaired) electrons. The second-order valence-corrected chi connectivity index (χ2v) is 8.39. The fourth-order valence-electron chi connectivity index (χ4n) is 5.19. The van der Waals surface area contributed by atoms with E-state index in [0.717, 1.165) is 30.2 Å². The molecule has 156 valence electrons. The van der Waals surface area contributed by atoms with Crippen molar-refractivity contribution in [2.75, 3.05) is 13.7 Å². The number of aromatic nitrogens is 1. The van der Waals surface area contributed by atoms with Crippen molar-refractivity contribution in [1.29, 1.82) is 0 Å². The van der Waals surface area contributed by atoms with Crippen LogP contribution in [0.1, 0.15) is 36.9 Å². The Balaban J connectivity index is 0.00000205. The Morgan fingerprint density at radius 2 is 2.07 bits per heavy atom. The predicted molar refractivity (Wildman–Crippen MR) is 123 cm³/mol. The zero-order chi connectivity index (χ0) is 19.1. The second-order valence-electron chi connectivity index (χ2n) is 8.39. The van der Waals surface area contributed by atoms with E-state index in [1.54, 1.807) is 6.26 Å². The van der Waals surface area contributed by atoms with E-state index in [0.29, 0.717) is 35.9 Å². The van der Waals surface area contributed by atoms with E-state index in [1.165, 1.54) is 24.8 Å². The molecule has 2 saturated carbocycles. The topological polar surface area (TPSA) is 71.7 Å². The maximum Gasteiger partial charge on any atom is 0.226 e. The Bertz CT molecular complexity index is 875. The predicted octanol–water partition coefficient (Wildman–Crippen LogP) is 3.89. The van der Waals surface area contributed by atoms with Crippen LogP contribution in [0.3, 0.4) is 0 Å². The van der Waals surface area contributed by atoms with Gasteiger partial charge in [0.1, 0.15) is 6.26 Å². The number of nitrogens with zero attached hydrogens (tertiary/aromatic N) is 2. The van der Waals surface area contributed by atoms with Gasteiger partial charge in [0.05, 0.1) is 18.3 Å². The van der Waals surface area contributed by atoms with Crippen LogP contribution in [0.2, 0.25) is 0 Å². The van der Waals surface area contributed by atoms with E-state index >= 15 is 0 Å². The standard InChI is InChI=1S/C22H28N4O2.HI/c1-14-4-6-15(7-5-14)20-25-16(13-28-20)12-24-21(23-2)26-18-17-8-11-27-19(17)22(18)9-3-10-22;/h4-7,13,17-19H,3,8-12H2,1-2H3,(H2,23,24,26);1H. The highest BCUT2D eigenvalue weighted by Gasteiger charge is 2.66. The van der Waals surface area contributed by atoms with Gasteiger partial charge in [-0.05, 0) is 38.3 Å². The summed E-state index contributed by atoms with van der Waals surface area (Å²) >= 11 is 0. The SMILES string of the molecule is CN=C(NCc1coc(-c2ccc(C)cc2)n1)NC1C2CCOC2C12CCC2.I. The van der Waals surface area contributed by atoms with Gasteiger partial charge in [0.2, 0.25) is 5.89 Å². The number of ether oxygens (including phenoxy) is 1. The third kappa shape index (κ3) is 3.56. The van der Waals surface area contributed by atoms with Crippen LogP contribution >= 0.6 is 24.0 Å². The molecule has 6 nitrogen and oxygen atoms in total. The van der Waals surface area contributed by atoms with Crippen molar-refractivity contribution in [2.24, 2.45) is 16.3 Å². The Kier molecular flexibility index (Phi) is 5.88. The molecule has 1 spiro atoms. The van der Waals surface area contributed by atoms with Gasteiger partial charge in [-0.1, -0.05) is 24.1 Å². The van der Waals surface area contributed by atoms with Gasteiger partial charge in [0.15, 0.2) is 5.96 Å². The van der Waals surface area contributed by atoms with Crippen LogP contribution in [0.5, 0.6) is 0 Å². The molecule has 1 saturated heterocycles. The maximum absolute atomic E-state index is 6.01. The number of rotatable bonds is 4. The number of nitrogens with one attached hydrogen (secondary N) is 2. The fraction of sp³-hybridized carbons (Fsp3) is 0.545. The minimum absolute atomic E-state index is 0. The molecule has 1 aliphatic heterocycles. The summed E-state index contributed by atoms with van der Waals surface area (Å²) < 4.78 is 11.7. The Labute approximate surface area is 188 Å². The van der Waals surface area contributed by atoms with Gasteiger partial charge < -0.3 is 19.8 Å². The molecule has 5 rings (SSSR count). The number of guanidine groups is 1. The number of hydrogen-bond donors (Lipinski definition) is 2. The number of fused-ring (bicyclic) bond motifs is 2. The summed E-state index contributed by atoms with van der Waals surface area (Å²) in [7, 11) is 1.82. The molecular weight excluding hydrogens is 479 g/mol. The molecule has 2 aromatic rings. The summed E-state index contributed by atoms with van der Waals surface area (Å²) in [5.74, 6) is 2.11. The van der Waals surface area contributed by atoms with E-state index < -0.39 is 0 Å². The van der Waals surface area contributed by atoms with Crippen molar-refractivity contribution in [3.05, 3.63) is 41.8 Å². The summed E-state index contributed by atoms with van der Waals surface area (Å²) in [6.45, 7) is 3.56. The third-order valence-corrected chi connectivity index (χ3v) is 6.84. The molecule has 3 unspecified atom stereocenters. The Morgan fingerprint density at radius 3 is 2.76 bits per heavy atom. The second kappa shape index (κ2) is 8.26. The largest absolute Gasteiger partial charge is 0.444 e. The fourth-order valence-corrected chi connectivity index (χ4v) is 5.19. The molecule has 0 bridgehead atoms. The first-order chi connectivity index (χ1) is 13.7. The number of benzene rings is 1. The van der Waals surface area contributed by atoms with Crippen LogP contribution in [-0.4, -0.2) is 36.7 Å². The summed E-state index contributed by atoms with van der Waals surface area (Å²) in [5.41, 5.74) is 3.42. The summed E-state index contributed by atoms with van der Waals surface area (Å²) in [6.07, 6.45) is 7.19. The van der Waals surface area contributed by atoms with Crippen molar-refractivity contribution in [1.82, 2.24) is 15.6 Å². The molecule has 2 heterocycles. The molecular formula is C22H29IN4O2. The minimum atomic E-state index is 0. The first-order valence-corrected chi connectivity index (χ1v) is 10.3. The van der Waals surface area contributed by atoms with E-state index in [-0.39, 0.29) is 24.0 Å². The summed E-state index contributed by atoms with van der Waals surface area (Å²) in [5, 5.41) is 7.08. The van der Waals surface area contributed by atoms with Gasteiger partial charge >= 0.3 is 0 Å². The van der Waals surface area contributed by atoms with Gasteiger partial charge in [0.25, 0.3) is 0 Å². The number of hydrogen-bond acceptors (Lipinski definition) is 4. The third-order valence-electron chi connectivity index (χ3n) is 6.84. The molecule has 29 heavy (non-hydrogen) atoms. The molecule has 2 aliphatic carbocycles. The summed E-state index contributed by atoms with van der Waals surface area (Å²) in [6, 6.07) is 8.68. The number of aliphatic imine (C=N–C) groups is 1. The van der Waals surface area contributed by atoms with Crippen LogP contribution in [0.15, 0.2) is 39.9 Å². The van der Waals surface area contributed by atoms with Crippen molar-refractivity contribution < 1.29 is 9.15 Å². The number of halogens is 1. The normalized spacial score (nSPS) is 26.8. The quantitative estimate of drug-likeness (QED) is 0.373. The average Bonchev–Trinajstić information content (AvgIpc) is 3.30. The summed E-state index contributed by atoms with van der Waals surface area (Å²) in [4.78, 5) is 9.04. The van der Waals surface area contributed by atoms with Gasteiger partial charge in [-0.2, -0.15) is 0 Å². The molecule has 1 aromatic heterocycles. The lowest BCUT2D eigenvalue weighted by Gasteiger charge is -2.63. The monoisotopic (exact) mass is 508 g/mol. The zero-order valence-corrected chi connectivity index (χ0v) is 19.3. The van der Waals surface area contributed by atoms with Gasteiger partial charge in [0, 0.05) is 36.6 Å². The van der Waals surface area contributed by atoms with Gasteiger partial charge in [-0.3, -0.25) is 4.99 Å². The van der Waals surface area contributed by atoms with Crippen LogP contribution in [0, 0.1) is 18.3 Å². The lowest BCUT2D eigenvalue weighted by molar-refractivity contribution is -0.171. The highest BCUT2D eigenvalue weighted by molar-refractivity contribution is 14.0. The Morgan fingerprint density at radius 1 is 1.28 bits per heavy atom. The van der Waals surface area contributed by atoms with E-state index in [9.17, 15) is 0 Å². The van der Waals surface area contributed by atoms with Crippen LogP contribution in [0.4, 0.5) is 0 Å². The van der Waals surface area contributed by atoms with Crippen molar-refractivity contribution in [3.63, 3.8) is 0 Å². The van der Waals surface area contributed by atoms with Crippen LogP contribution in [-0.2, 0) is 11.3 Å². The smallest absolute Gasteiger partial charge is 0.226 e. The molecule has 0 amide bonds. The first kappa shape index (κ1) is 20.7. The Hall–Kier alpha value is -1.61. The highest BCUT2D eigenvalue weighted by Crippen LogP contribution is 2.62. The minimum Gasteiger partial charge on any atom is -0.444 e.